The molecule has 1 aromatic carbocycles. The van der Waals surface area contributed by atoms with E-state index in [1.54, 1.807) is 18.2 Å². The number of aromatic nitrogens is 3. The second-order valence-electron chi connectivity index (χ2n) is 4.41. The molecule has 0 saturated heterocycles. The number of pyridine rings is 1. The van der Waals surface area contributed by atoms with Crippen LogP contribution in [0.1, 0.15) is 10.5 Å². The van der Waals surface area contributed by atoms with Gasteiger partial charge in [-0.15, -0.1) is 0 Å². The second kappa shape index (κ2) is 5.36. The fourth-order valence-electron chi connectivity index (χ4n) is 2.02. The summed E-state index contributed by atoms with van der Waals surface area (Å²) >= 11 is 0. The van der Waals surface area contributed by atoms with E-state index in [9.17, 15) is 13.6 Å². The van der Waals surface area contributed by atoms with E-state index in [-0.39, 0.29) is 17.1 Å². The number of carbonyl (C=O) groups is 1. The lowest BCUT2D eigenvalue weighted by Gasteiger charge is -2.07. The smallest absolute Gasteiger partial charge is 0.356 e. The van der Waals surface area contributed by atoms with Crippen LogP contribution in [0.2, 0.25) is 0 Å². The third kappa shape index (κ3) is 2.32. The lowest BCUT2D eigenvalue weighted by atomic mass is 10.2. The summed E-state index contributed by atoms with van der Waals surface area (Å²) < 4.78 is 28.7. The van der Waals surface area contributed by atoms with E-state index in [2.05, 4.69) is 9.97 Å². The van der Waals surface area contributed by atoms with Gasteiger partial charge in [0.05, 0.1) is 5.56 Å². The van der Waals surface area contributed by atoms with Gasteiger partial charge in [-0.25, -0.2) is 23.5 Å². The number of aromatic carboxylic acids is 1. The van der Waals surface area contributed by atoms with Gasteiger partial charge in [-0.1, -0.05) is 12.1 Å². The van der Waals surface area contributed by atoms with Gasteiger partial charge >= 0.3 is 5.97 Å². The predicted molar refractivity (Wildman–Crippen MR) is 73.7 cm³/mol. The molecule has 0 fully saturated rings. The van der Waals surface area contributed by atoms with E-state index in [0.717, 1.165) is 6.07 Å². The molecule has 0 saturated carbocycles. The van der Waals surface area contributed by atoms with E-state index < -0.39 is 17.6 Å². The number of rotatable bonds is 3. The highest BCUT2D eigenvalue weighted by Crippen LogP contribution is 2.26. The van der Waals surface area contributed by atoms with Crippen molar-refractivity contribution in [3.63, 3.8) is 0 Å². The molecule has 22 heavy (non-hydrogen) atoms. The molecule has 1 N–H and O–H groups in total. The molecule has 3 aromatic rings. The first-order chi connectivity index (χ1) is 10.6. The standard InChI is InChI=1S/C15H9F2N3O2/c16-10-5-3-4-9(13(10)17)14-19-11(15(21)22)8-20(14)12-6-1-2-7-18-12/h1-8H,(H,21,22). The third-order valence-corrected chi connectivity index (χ3v) is 3.01. The van der Waals surface area contributed by atoms with Crippen molar-refractivity contribution in [3.8, 4) is 17.2 Å². The van der Waals surface area contributed by atoms with Crippen molar-refractivity contribution in [1.29, 1.82) is 0 Å². The highest BCUT2D eigenvalue weighted by atomic mass is 19.2. The van der Waals surface area contributed by atoms with Gasteiger partial charge in [-0.3, -0.25) is 4.57 Å². The summed E-state index contributed by atoms with van der Waals surface area (Å²) in [5, 5.41) is 9.08. The molecule has 0 amide bonds. The van der Waals surface area contributed by atoms with Gasteiger partial charge in [0.1, 0.15) is 11.6 Å². The summed E-state index contributed by atoms with van der Waals surface area (Å²) in [6.45, 7) is 0. The van der Waals surface area contributed by atoms with Crippen LogP contribution in [0.5, 0.6) is 0 Å². The SMILES string of the molecule is O=C(O)c1cn(-c2ccccn2)c(-c2cccc(F)c2F)n1. The van der Waals surface area contributed by atoms with Crippen molar-refractivity contribution in [3.05, 3.63) is 66.1 Å². The molecular weight excluding hydrogens is 292 g/mol. The van der Waals surface area contributed by atoms with Crippen LogP contribution in [-0.2, 0) is 0 Å². The van der Waals surface area contributed by atoms with Crippen molar-refractivity contribution in [2.24, 2.45) is 0 Å². The Bertz CT molecular complexity index is 847. The summed E-state index contributed by atoms with van der Waals surface area (Å²) in [7, 11) is 0. The van der Waals surface area contributed by atoms with Crippen LogP contribution in [0.4, 0.5) is 8.78 Å². The molecule has 0 unspecified atom stereocenters. The monoisotopic (exact) mass is 301 g/mol. The Kier molecular flexibility index (Phi) is 3.38. The average molecular weight is 301 g/mol. The van der Waals surface area contributed by atoms with Gasteiger partial charge in [-0.2, -0.15) is 0 Å². The number of carboxylic acids is 1. The second-order valence-corrected chi connectivity index (χ2v) is 4.41. The first kappa shape index (κ1) is 13.9. The van der Waals surface area contributed by atoms with Crippen LogP contribution in [0.3, 0.4) is 0 Å². The maximum absolute atomic E-state index is 14.0. The molecule has 0 bridgehead atoms. The number of benzene rings is 1. The Balaban J connectivity index is 2.26. The first-order valence-corrected chi connectivity index (χ1v) is 6.26. The van der Waals surface area contributed by atoms with Crippen LogP contribution in [0, 0.1) is 11.6 Å². The van der Waals surface area contributed by atoms with E-state index in [0.29, 0.717) is 5.82 Å². The van der Waals surface area contributed by atoms with Gasteiger partial charge in [0.15, 0.2) is 17.3 Å². The third-order valence-electron chi connectivity index (χ3n) is 3.01. The first-order valence-electron chi connectivity index (χ1n) is 6.26. The molecule has 7 heteroatoms. The van der Waals surface area contributed by atoms with E-state index >= 15 is 0 Å². The van der Waals surface area contributed by atoms with Gasteiger partial charge < -0.3 is 5.11 Å². The quantitative estimate of drug-likeness (QED) is 0.807. The maximum atomic E-state index is 14.0. The van der Waals surface area contributed by atoms with Gasteiger partial charge in [0.2, 0.25) is 0 Å². The number of hydrogen-bond donors (Lipinski definition) is 1. The fourth-order valence-corrected chi connectivity index (χ4v) is 2.02. The number of imidazole rings is 1. The van der Waals surface area contributed by atoms with Crippen LogP contribution >= 0.6 is 0 Å². The highest BCUT2D eigenvalue weighted by Gasteiger charge is 2.20. The molecule has 0 atom stereocenters. The fraction of sp³-hybridized carbons (Fsp3) is 0. The van der Waals surface area contributed by atoms with E-state index in [4.69, 9.17) is 5.11 Å². The van der Waals surface area contributed by atoms with Gasteiger partial charge in [-0.05, 0) is 24.3 Å². The Morgan fingerprint density at radius 3 is 2.64 bits per heavy atom. The molecule has 5 nitrogen and oxygen atoms in total. The molecule has 0 aliphatic heterocycles. The zero-order valence-corrected chi connectivity index (χ0v) is 11.1. The number of halogens is 2. The van der Waals surface area contributed by atoms with E-state index in [1.807, 2.05) is 0 Å². The Morgan fingerprint density at radius 1 is 1.14 bits per heavy atom. The number of carboxylic acid groups (broad SMARTS) is 1. The van der Waals surface area contributed by atoms with Crippen molar-refractivity contribution in [1.82, 2.24) is 14.5 Å². The summed E-state index contributed by atoms with van der Waals surface area (Å²) in [6.07, 6.45) is 2.71. The highest BCUT2D eigenvalue weighted by molar-refractivity contribution is 5.86. The lowest BCUT2D eigenvalue weighted by Crippen LogP contribution is -2.00. The summed E-state index contributed by atoms with van der Waals surface area (Å²) in [6, 6.07) is 8.60. The van der Waals surface area contributed by atoms with Crippen molar-refractivity contribution >= 4 is 5.97 Å². The van der Waals surface area contributed by atoms with Crippen LogP contribution in [0.25, 0.3) is 17.2 Å². The minimum absolute atomic E-state index is 0.0342. The van der Waals surface area contributed by atoms with Crippen LogP contribution < -0.4 is 0 Å². The minimum atomic E-state index is -1.27. The van der Waals surface area contributed by atoms with Gasteiger partial charge in [0, 0.05) is 12.4 Å². The molecule has 110 valence electrons. The molecule has 0 aliphatic carbocycles. The molecule has 0 aliphatic rings. The Morgan fingerprint density at radius 2 is 1.95 bits per heavy atom. The number of hydrogen-bond acceptors (Lipinski definition) is 3. The summed E-state index contributed by atoms with van der Waals surface area (Å²) in [5.41, 5.74) is -0.428. The molecule has 2 aromatic heterocycles. The Hall–Kier alpha value is -3.09. The van der Waals surface area contributed by atoms with Crippen molar-refractivity contribution in [2.45, 2.75) is 0 Å². The van der Waals surface area contributed by atoms with Crippen LogP contribution in [0.15, 0.2) is 48.8 Å². The zero-order chi connectivity index (χ0) is 15.7. The van der Waals surface area contributed by atoms with Crippen LogP contribution in [-0.4, -0.2) is 25.6 Å². The number of nitrogens with zero attached hydrogens (tertiary/aromatic N) is 3. The predicted octanol–water partition coefficient (Wildman–Crippen LogP) is 2.91. The summed E-state index contributed by atoms with van der Waals surface area (Å²) in [5.74, 6) is -3.09. The topological polar surface area (TPSA) is 68.0 Å². The average Bonchev–Trinajstić information content (AvgIpc) is 2.96. The van der Waals surface area contributed by atoms with Crippen molar-refractivity contribution in [2.75, 3.05) is 0 Å². The maximum Gasteiger partial charge on any atom is 0.356 e. The molecule has 0 spiro atoms. The summed E-state index contributed by atoms with van der Waals surface area (Å²) in [4.78, 5) is 19.1. The largest absolute Gasteiger partial charge is 0.476 e. The molecule has 2 heterocycles. The van der Waals surface area contributed by atoms with E-state index in [1.165, 1.54) is 29.1 Å². The normalized spacial score (nSPS) is 10.6. The molecule has 0 radical (unpaired) electrons. The van der Waals surface area contributed by atoms with Crippen molar-refractivity contribution < 1.29 is 18.7 Å². The Labute approximate surface area is 123 Å². The lowest BCUT2D eigenvalue weighted by molar-refractivity contribution is 0.0691. The van der Waals surface area contributed by atoms with Gasteiger partial charge in [0.25, 0.3) is 0 Å². The molecular formula is C15H9F2N3O2. The molecule has 3 rings (SSSR count). The minimum Gasteiger partial charge on any atom is -0.476 e. The zero-order valence-electron chi connectivity index (χ0n) is 11.1.